The number of nitrogens with one attached hydrogen (secondary N) is 2. The first-order valence-electron chi connectivity index (χ1n) is 7.19. The van der Waals surface area contributed by atoms with Crippen LogP contribution in [-0.4, -0.2) is 53.9 Å². The molecule has 1 aliphatic heterocycles. The second kappa shape index (κ2) is 8.14. The van der Waals surface area contributed by atoms with Crippen LogP contribution in [0, 0.1) is 5.82 Å². The summed E-state index contributed by atoms with van der Waals surface area (Å²) in [7, 11) is 0. The number of rotatable bonds is 5. The average Bonchev–Trinajstić information content (AvgIpc) is 2.49. The van der Waals surface area contributed by atoms with Gasteiger partial charge in [0.05, 0.1) is 11.5 Å². The summed E-state index contributed by atoms with van der Waals surface area (Å²) in [5, 5.41) is 5.95. The van der Waals surface area contributed by atoms with Gasteiger partial charge in [0.1, 0.15) is 5.82 Å². The average molecular weight is 325 g/mol. The van der Waals surface area contributed by atoms with Crippen LogP contribution < -0.4 is 10.6 Å². The molecule has 2 rings (SSSR count). The molecular formula is C15H20FN3O2S. The van der Waals surface area contributed by atoms with E-state index < -0.39 is 0 Å². The molecule has 1 aromatic rings. The van der Waals surface area contributed by atoms with Crippen LogP contribution in [-0.2, 0) is 9.59 Å². The number of thioether (sulfide) groups is 1. The van der Waals surface area contributed by atoms with Crippen LogP contribution in [0.1, 0.15) is 6.92 Å². The molecule has 0 saturated carbocycles. The molecule has 22 heavy (non-hydrogen) atoms. The first-order chi connectivity index (χ1) is 10.5. The maximum Gasteiger partial charge on any atom is 0.234 e. The number of hydrogen-bond donors (Lipinski definition) is 2. The molecule has 0 radical (unpaired) electrons. The van der Waals surface area contributed by atoms with Gasteiger partial charge in [-0.15, -0.1) is 11.8 Å². The fourth-order valence-electron chi connectivity index (χ4n) is 2.21. The number of halogens is 1. The standard InChI is InChI=1S/C15H20FN3O2S/c1-11-8-19(7-6-17-11)15(21)10-22-9-14(20)18-13-4-2-12(16)3-5-13/h2-5,11,17H,6-10H2,1H3,(H,18,20)/t11-/m1/s1. The van der Waals surface area contributed by atoms with Gasteiger partial charge in [-0.2, -0.15) is 0 Å². The second-order valence-electron chi connectivity index (χ2n) is 5.24. The highest BCUT2D eigenvalue weighted by molar-refractivity contribution is 8.00. The molecule has 1 saturated heterocycles. The predicted molar refractivity (Wildman–Crippen MR) is 86.4 cm³/mol. The van der Waals surface area contributed by atoms with Crippen molar-refractivity contribution < 1.29 is 14.0 Å². The zero-order valence-electron chi connectivity index (χ0n) is 12.5. The molecule has 0 unspecified atom stereocenters. The minimum Gasteiger partial charge on any atom is -0.339 e. The van der Waals surface area contributed by atoms with E-state index in [0.29, 0.717) is 30.6 Å². The predicted octanol–water partition coefficient (Wildman–Crippen LogP) is 1.32. The van der Waals surface area contributed by atoms with Gasteiger partial charge in [0, 0.05) is 31.4 Å². The van der Waals surface area contributed by atoms with Crippen LogP contribution in [0.2, 0.25) is 0 Å². The third kappa shape index (κ3) is 5.31. The van der Waals surface area contributed by atoms with E-state index >= 15 is 0 Å². The molecule has 1 aromatic carbocycles. The van der Waals surface area contributed by atoms with Crippen molar-refractivity contribution in [3.8, 4) is 0 Å². The normalized spacial score (nSPS) is 18.1. The second-order valence-corrected chi connectivity index (χ2v) is 6.23. The number of carbonyl (C=O) groups excluding carboxylic acids is 2. The Morgan fingerprint density at radius 3 is 2.77 bits per heavy atom. The Balaban J connectivity index is 1.68. The highest BCUT2D eigenvalue weighted by Crippen LogP contribution is 2.10. The summed E-state index contributed by atoms with van der Waals surface area (Å²) >= 11 is 1.29. The van der Waals surface area contributed by atoms with Crippen LogP contribution in [0.3, 0.4) is 0 Å². The fraction of sp³-hybridized carbons (Fsp3) is 0.467. The van der Waals surface area contributed by atoms with Crippen molar-refractivity contribution in [2.45, 2.75) is 13.0 Å². The van der Waals surface area contributed by atoms with Gasteiger partial charge in [0.15, 0.2) is 0 Å². The Kier molecular flexibility index (Phi) is 6.21. The van der Waals surface area contributed by atoms with E-state index in [1.807, 2.05) is 11.8 Å². The molecule has 1 heterocycles. The number of hydrogen-bond acceptors (Lipinski definition) is 4. The van der Waals surface area contributed by atoms with Crippen LogP contribution in [0.5, 0.6) is 0 Å². The zero-order valence-corrected chi connectivity index (χ0v) is 13.3. The number of carbonyl (C=O) groups is 2. The summed E-state index contributed by atoms with van der Waals surface area (Å²) in [5.74, 6) is 0.0168. The minimum atomic E-state index is -0.344. The topological polar surface area (TPSA) is 61.4 Å². The molecule has 2 amide bonds. The lowest BCUT2D eigenvalue weighted by molar-refractivity contribution is -0.129. The minimum absolute atomic E-state index is 0.0629. The zero-order chi connectivity index (χ0) is 15.9. The molecule has 0 bridgehead atoms. The molecule has 120 valence electrons. The third-order valence-corrected chi connectivity index (χ3v) is 4.23. The first-order valence-corrected chi connectivity index (χ1v) is 8.34. The van der Waals surface area contributed by atoms with Crippen molar-refractivity contribution in [2.24, 2.45) is 0 Å². The van der Waals surface area contributed by atoms with Gasteiger partial charge in [-0.25, -0.2) is 4.39 Å². The molecule has 1 aliphatic rings. The van der Waals surface area contributed by atoms with Crippen LogP contribution in [0.15, 0.2) is 24.3 Å². The monoisotopic (exact) mass is 325 g/mol. The Bertz CT molecular complexity index is 524. The largest absolute Gasteiger partial charge is 0.339 e. The van der Waals surface area contributed by atoms with Gasteiger partial charge >= 0.3 is 0 Å². The van der Waals surface area contributed by atoms with Gasteiger partial charge in [0.2, 0.25) is 11.8 Å². The molecule has 1 fully saturated rings. The van der Waals surface area contributed by atoms with E-state index in [4.69, 9.17) is 0 Å². The maximum absolute atomic E-state index is 12.8. The van der Waals surface area contributed by atoms with Gasteiger partial charge in [-0.3, -0.25) is 9.59 Å². The quantitative estimate of drug-likeness (QED) is 0.857. The summed E-state index contributed by atoms with van der Waals surface area (Å²) in [6, 6.07) is 5.90. The summed E-state index contributed by atoms with van der Waals surface area (Å²) in [4.78, 5) is 25.6. The Morgan fingerprint density at radius 1 is 1.36 bits per heavy atom. The number of nitrogens with zero attached hydrogens (tertiary/aromatic N) is 1. The number of piperazine rings is 1. The summed E-state index contributed by atoms with van der Waals surface area (Å²) in [6.07, 6.45) is 0. The highest BCUT2D eigenvalue weighted by atomic mass is 32.2. The van der Waals surface area contributed by atoms with Gasteiger partial charge in [-0.05, 0) is 31.2 Å². The first kappa shape index (κ1) is 16.8. The van der Waals surface area contributed by atoms with Crippen LogP contribution in [0.25, 0.3) is 0 Å². The van der Waals surface area contributed by atoms with Crippen molar-refractivity contribution in [1.82, 2.24) is 10.2 Å². The van der Waals surface area contributed by atoms with Crippen molar-refractivity contribution in [1.29, 1.82) is 0 Å². The number of amides is 2. The van der Waals surface area contributed by atoms with E-state index in [0.717, 1.165) is 6.54 Å². The molecule has 2 N–H and O–H groups in total. The summed E-state index contributed by atoms with van der Waals surface area (Å²) < 4.78 is 12.8. The number of anilines is 1. The summed E-state index contributed by atoms with van der Waals surface area (Å²) in [5.41, 5.74) is 0.550. The van der Waals surface area contributed by atoms with Crippen molar-refractivity contribution in [3.63, 3.8) is 0 Å². The Morgan fingerprint density at radius 2 is 2.09 bits per heavy atom. The number of benzene rings is 1. The lowest BCUT2D eigenvalue weighted by atomic mass is 10.2. The molecule has 0 aromatic heterocycles. The van der Waals surface area contributed by atoms with Crippen LogP contribution >= 0.6 is 11.8 Å². The SMILES string of the molecule is C[C@@H]1CN(C(=O)CSCC(=O)Nc2ccc(F)cc2)CCN1. The van der Waals surface area contributed by atoms with E-state index in [1.165, 1.54) is 36.0 Å². The van der Waals surface area contributed by atoms with Crippen LogP contribution in [0.4, 0.5) is 10.1 Å². The van der Waals surface area contributed by atoms with E-state index in [-0.39, 0.29) is 23.4 Å². The lowest BCUT2D eigenvalue weighted by Crippen LogP contribution is -2.51. The van der Waals surface area contributed by atoms with E-state index in [1.54, 1.807) is 0 Å². The smallest absolute Gasteiger partial charge is 0.234 e. The van der Waals surface area contributed by atoms with E-state index in [9.17, 15) is 14.0 Å². The molecule has 5 nitrogen and oxygen atoms in total. The Labute approximate surface area is 133 Å². The maximum atomic E-state index is 12.8. The summed E-state index contributed by atoms with van der Waals surface area (Å²) in [6.45, 7) is 4.28. The highest BCUT2D eigenvalue weighted by Gasteiger charge is 2.20. The third-order valence-electron chi connectivity index (χ3n) is 3.31. The van der Waals surface area contributed by atoms with E-state index in [2.05, 4.69) is 10.6 Å². The van der Waals surface area contributed by atoms with Gasteiger partial charge in [0.25, 0.3) is 0 Å². The van der Waals surface area contributed by atoms with Gasteiger partial charge < -0.3 is 15.5 Å². The lowest BCUT2D eigenvalue weighted by Gasteiger charge is -2.31. The molecule has 1 atom stereocenters. The molecule has 7 heteroatoms. The van der Waals surface area contributed by atoms with Gasteiger partial charge in [-0.1, -0.05) is 0 Å². The van der Waals surface area contributed by atoms with Crippen molar-refractivity contribution in [3.05, 3.63) is 30.1 Å². The molecule has 0 spiro atoms. The van der Waals surface area contributed by atoms with Crippen molar-refractivity contribution >= 4 is 29.3 Å². The molecular weight excluding hydrogens is 305 g/mol. The van der Waals surface area contributed by atoms with Crippen molar-refractivity contribution in [2.75, 3.05) is 36.5 Å². The fourth-order valence-corrected chi connectivity index (χ4v) is 2.93. The molecule has 0 aliphatic carbocycles. The Hall–Kier alpha value is -1.60.